The molecule has 1 N–H and O–H groups in total. The average molecular weight is 229 g/mol. The van der Waals surface area contributed by atoms with Crippen molar-refractivity contribution in [1.82, 2.24) is 5.32 Å². The Balaban J connectivity index is 2.15. The molecular formula is C16H23N. The molecule has 2 unspecified atom stereocenters. The Morgan fingerprint density at radius 2 is 2.00 bits per heavy atom. The Morgan fingerprint density at radius 1 is 1.24 bits per heavy atom. The first-order valence-electron chi connectivity index (χ1n) is 6.80. The van der Waals surface area contributed by atoms with Crippen molar-refractivity contribution in [2.24, 2.45) is 0 Å². The van der Waals surface area contributed by atoms with Crippen LogP contribution >= 0.6 is 0 Å². The summed E-state index contributed by atoms with van der Waals surface area (Å²) < 4.78 is 0. The van der Waals surface area contributed by atoms with Gasteiger partial charge in [0.25, 0.3) is 0 Å². The van der Waals surface area contributed by atoms with Crippen LogP contribution in [-0.4, -0.2) is 12.6 Å². The molecule has 0 aliphatic heterocycles. The molecule has 1 aliphatic rings. The van der Waals surface area contributed by atoms with Gasteiger partial charge in [-0.15, -0.1) is 0 Å². The van der Waals surface area contributed by atoms with Crippen LogP contribution in [0.5, 0.6) is 0 Å². The smallest absolute Gasteiger partial charge is 0.0345 e. The third-order valence-corrected chi connectivity index (χ3v) is 3.72. The Morgan fingerprint density at radius 3 is 2.59 bits per heavy atom. The summed E-state index contributed by atoms with van der Waals surface area (Å²) in [7, 11) is 0. The highest BCUT2D eigenvalue weighted by molar-refractivity contribution is 5.27. The van der Waals surface area contributed by atoms with E-state index >= 15 is 0 Å². The number of likely N-dealkylation sites (N-methyl/N-ethyl adjacent to an activating group) is 1. The van der Waals surface area contributed by atoms with Gasteiger partial charge in [0.15, 0.2) is 0 Å². The highest BCUT2D eigenvalue weighted by Gasteiger charge is 2.23. The van der Waals surface area contributed by atoms with E-state index in [1.54, 1.807) is 5.57 Å². The molecule has 1 heteroatoms. The minimum atomic E-state index is 0.518. The summed E-state index contributed by atoms with van der Waals surface area (Å²) in [5.74, 6) is 0.556. The van der Waals surface area contributed by atoms with Crippen molar-refractivity contribution < 1.29 is 0 Å². The molecule has 1 aromatic carbocycles. The molecule has 92 valence electrons. The van der Waals surface area contributed by atoms with Crippen molar-refractivity contribution in [3.05, 3.63) is 47.5 Å². The normalized spacial score (nSPS) is 18.8. The lowest BCUT2D eigenvalue weighted by Gasteiger charge is -2.26. The number of nitrogens with one attached hydrogen (secondary N) is 1. The second kappa shape index (κ2) is 6.02. The van der Waals surface area contributed by atoms with Gasteiger partial charge in [0, 0.05) is 12.0 Å². The molecule has 0 radical (unpaired) electrons. The monoisotopic (exact) mass is 229 g/mol. The summed E-state index contributed by atoms with van der Waals surface area (Å²) >= 11 is 0. The van der Waals surface area contributed by atoms with Gasteiger partial charge in [-0.25, -0.2) is 0 Å². The third kappa shape index (κ3) is 2.98. The highest BCUT2D eigenvalue weighted by Crippen LogP contribution is 2.29. The number of hydrogen-bond donors (Lipinski definition) is 1. The largest absolute Gasteiger partial charge is 0.310 e. The first kappa shape index (κ1) is 12.4. The fourth-order valence-electron chi connectivity index (χ4n) is 2.78. The summed E-state index contributed by atoms with van der Waals surface area (Å²) in [6, 6.07) is 11.4. The third-order valence-electron chi connectivity index (χ3n) is 3.72. The zero-order chi connectivity index (χ0) is 12.1. The van der Waals surface area contributed by atoms with Gasteiger partial charge in [0.05, 0.1) is 0 Å². The van der Waals surface area contributed by atoms with Gasteiger partial charge in [0.1, 0.15) is 0 Å². The van der Waals surface area contributed by atoms with Crippen molar-refractivity contribution in [2.75, 3.05) is 6.54 Å². The van der Waals surface area contributed by atoms with E-state index in [1.165, 1.54) is 24.8 Å². The summed E-state index contributed by atoms with van der Waals surface area (Å²) in [5, 5.41) is 3.65. The first-order chi connectivity index (χ1) is 8.33. The molecule has 0 amide bonds. The van der Waals surface area contributed by atoms with E-state index in [2.05, 4.69) is 55.6 Å². The van der Waals surface area contributed by atoms with Crippen molar-refractivity contribution in [2.45, 2.75) is 45.1 Å². The molecule has 0 bridgehead atoms. The minimum Gasteiger partial charge on any atom is -0.310 e. The molecule has 0 saturated heterocycles. The van der Waals surface area contributed by atoms with Gasteiger partial charge in [-0.1, -0.05) is 55.8 Å². The van der Waals surface area contributed by atoms with Crippen LogP contribution in [0.1, 0.15) is 44.6 Å². The maximum atomic E-state index is 3.65. The Bertz CT molecular complexity index is 366. The van der Waals surface area contributed by atoms with Crippen LogP contribution < -0.4 is 5.32 Å². The number of rotatable bonds is 5. The molecule has 0 saturated carbocycles. The molecule has 0 heterocycles. The van der Waals surface area contributed by atoms with E-state index in [9.17, 15) is 0 Å². The summed E-state index contributed by atoms with van der Waals surface area (Å²) in [4.78, 5) is 0. The van der Waals surface area contributed by atoms with Gasteiger partial charge < -0.3 is 5.32 Å². The standard InChI is InChI=1S/C16H23N/c1-3-17-16(15-11-7-8-12-15)13(2)14-9-5-4-6-10-14/h4-6,9-11,13,16-17H,3,7-8,12H2,1-2H3. The van der Waals surface area contributed by atoms with Crippen LogP contribution in [0.3, 0.4) is 0 Å². The van der Waals surface area contributed by atoms with E-state index < -0.39 is 0 Å². The highest BCUT2D eigenvalue weighted by atomic mass is 14.9. The van der Waals surface area contributed by atoms with Gasteiger partial charge >= 0.3 is 0 Å². The van der Waals surface area contributed by atoms with Crippen molar-refractivity contribution in [3.8, 4) is 0 Å². The summed E-state index contributed by atoms with van der Waals surface area (Å²) in [6.45, 7) is 5.57. The van der Waals surface area contributed by atoms with Crippen molar-refractivity contribution in [3.63, 3.8) is 0 Å². The second-order valence-electron chi connectivity index (χ2n) is 4.91. The number of benzene rings is 1. The van der Waals surface area contributed by atoms with Crippen LogP contribution in [-0.2, 0) is 0 Å². The lowest BCUT2D eigenvalue weighted by Crippen LogP contribution is -2.35. The zero-order valence-corrected chi connectivity index (χ0v) is 10.9. The van der Waals surface area contributed by atoms with Crippen molar-refractivity contribution >= 4 is 0 Å². The van der Waals surface area contributed by atoms with Crippen LogP contribution in [0.4, 0.5) is 0 Å². The van der Waals surface area contributed by atoms with E-state index in [0.29, 0.717) is 12.0 Å². The minimum absolute atomic E-state index is 0.518. The van der Waals surface area contributed by atoms with Crippen LogP contribution in [0, 0.1) is 0 Å². The molecule has 1 nitrogen and oxygen atoms in total. The van der Waals surface area contributed by atoms with Crippen molar-refractivity contribution in [1.29, 1.82) is 0 Å². The average Bonchev–Trinajstić information content (AvgIpc) is 2.90. The van der Waals surface area contributed by atoms with Crippen LogP contribution in [0.15, 0.2) is 42.0 Å². The van der Waals surface area contributed by atoms with E-state index in [0.717, 1.165) is 6.54 Å². The maximum Gasteiger partial charge on any atom is 0.0345 e. The van der Waals surface area contributed by atoms with Crippen LogP contribution in [0.25, 0.3) is 0 Å². The molecule has 2 atom stereocenters. The molecule has 0 aromatic heterocycles. The Hall–Kier alpha value is -1.08. The zero-order valence-electron chi connectivity index (χ0n) is 10.9. The molecule has 0 spiro atoms. The first-order valence-corrected chi connectivity index (χ1v) is 6.80. The fourth-order valence-corrected chi connectivity index (χ4v) is 2.78. The number of hydrogen-bond acceptors (Lipinski definition) is 1. The quantitative estimate of drug-likeness (QED) is 0.756. The van der Waals surface area contributed by atoms with E-state index in [-0.39, 0.29) is 0 Å². The predicted molar refractivity (Wildman–Crippen MR) is 74.3 cm³/mol. The molecule has 17 heavy (non-hydrogen) atoms. The number of allylic oxidation sites excluding steroid dienone is 1. The van der Waals surface area contributed by atoms with Gasteiger partial charge in [0.2, 0.25) is 0 Å². The van der Waals surface area contributed by atoms with Gasteiger partial charge in [-0.2, -0.15) is 0 Å². The maximum absolute atomic E-state index is 3.65. The SMILES string of the molecule is CCNC(C1=CCCC1)C(C)c1ccccc1. The second-order valence-corrected chi connectivity index (χ2v) is 4.91. The Labute approximate surface area is 105 Å². The molecule has 1 aliphatic carbocycles. The molecule has 2 rings (SSSR count). The van der Waals surface area contributed by atoms with Crippen LogP contribution in [0.2, 0.25) is 0 Å². The van der Waals surface area contributed by atoms with Gasteiger partial charge in [-0.3, -0.25) is 0 Å². The summed E-state index contributed by atoms with van der Waals surface area (Å²) in [5.41, 5.74) is 3.05. The molecular weight excluding hydrogens is 206 g/mol. The lowest BCUT2D eigenvalue weighted by molar-refractivity contribution is 0.506. The van der Waals surface area contributed by atoms with Gasteiger partial charge in [-0.05, 0) is 31.4 Å². The fraction of sp³-hybridized carbons (Fsp3) is 0.500. The predicted octanol–water partition coefficient (Wildman–Crippen LogP) is 3.88. The summed E-state index contributed by atoms with van der Waals surface area (Å²) in [6.07, 6.45) is 6.30. The molecule has 1 aromatic rings. The lowest BCUT2D eigenvalue weighted by atomic mass is 9.88. The topological polar surface area (TPSA) is 12.0 Å². The van der Waals surface area contributed by atoms with E-state index in [4.69, 9.17) is 0 Å². The molecule has 0 fully saturated rings. The Kier molecular flexibility index (Phi) is 4.38. The van der Waals surface area contributed by atoms with E-state index in [1.807, 2.05) is 0 Å².